The molecule has 0 amide bonds. The molecule has 5 rings (SSSR count). The minimum Gasteiger partial charge on any atom is -0.507 e. The summed E-state index contributed by atoms with van der Waals surface area (Å²) in [5.41, 5.74) is 3.34. The number of allylic oxidation sites excluding steroid dienone is 2. The standard InChI is InChI=1S/C29H24ClN3O4/c1-17-10-12-18(13-11-17)25-26-22(8-5-9-24(26)34)32(21-15-14-20(30)16-23(21)33(36)37)29(31)27(25)28(35)19-6-3-2-4-7-19/h2-4,6-7,10-16,25,31,35H,5,8-9H2,1H3/t25-/m0/s1. The maximum absolute atomic E-state index is 13.5. The first-order chi connectivity index (χ1) is 17.8. The molecule has 1 aliphatic carbocycles. The van der Waals surface area contributed by atoms with E-state index in [0.29, 0.717) is 36.1 Å². The Bertz CT molecular complexity index is 1490. The molecule has 8 heteroatoms. The van der Waals surface area contributed by atoms with Gasteiger partial charge in [0.15, 0.2) is 5.78 Å². The lowest BCUT2D eigenvalue weighted by molar-refractivity contribution is -0.384. The number of nitrogens with zero attached hydrogens (tertiary/aromatic N) is 2. The van der Waals surface area contributed by atoms with E-state index in [1.165, 1.54) is 23.1 Å². The Kier molecular flexibility index (Phi) is 6.39. The number of carbonyl (C=O) groups excluding carboxylic acids is 1. The minimum absolute atomic E-state index is 0.0979. The van der Waals surface area contributed by atoms with Crippen LogP contribution in [0.4, 0.5) is 11.4 Å². The number of benzene rings is 3. The van der Waals surface area contributed by atoms with Crippen LogP contribution in [0.15, 0.2) is 89.6 Å². The fourth-order valence-corrected chi connectivity index (χ4v) is 5.30. The van der Waals surface area contributed by atoms with Crippen LogP contribution >= 0.6 is 11.6 Å². The number of nitro groups is 1. The second-order valence-electron chi connectivity index (χ2n) is 9.18. The molecule has 1 atom stereocenters. The summed E-state index contributed by atoms with van der Waals surface area (Å²) in [7, 11) is 0. The van der Waals surface area contributed by atoms with Crippen LogP contribution in [0.5, 0.6) is 0 Å². The smallest absolute Gasteiger partial charge is 0.294 e. The number of nitro benzene ring substituents is 1. The zero-order chi connectivity index (χ0) is 26.3. The summed E-state index contributed by atoms with van der Waals surface area (Å²) in [4.78, 5) is 26.4. The molecule has 0 saturated heterocycles. The number of anilines is 1. The SMILES string of the molecule is Cc1ccc([C@@H]2C(=C(O)c3ccccc3)C(=N)N(c3ccc(Cl)cc3[N+](=O)[O-])C3=C2C(=O)CCC3)cc1. The van der Waals surface area contributed by atoms with E-state index in [9.17, 15) is 25.4 Å². The van der Waals surface area contributed by atoms with E-state index in [2.05, 4.69) is 0 Å². The number of halogens is 1. The summed E-state index contributed by atoms with van der Waals surface area (Å²) in [5.74, 6) is -1.06. The average Bonchev–Trinajstić information content (AvgIpc) is 2.89. The number of Topliss-reactive ketones (excluding diaryl/α,β-unsaturated/α-hetero) is 1. The molecule has 0 radical (unpaired) electrons. The van der Waals surface area contributed by atoms with Gasteiger partial charge in [0.25, 0.3) is 5.69 Å². The predicted molar refractivity (Wildman–Crippen MR) is 144 cm³/mol. The van der Waals surface area contributed by atoms with Crippen LogP contribution in [0.2, 0.25) is 5.02 Å². The summed E-state index contributed by atoms with van der Waals surface area (Å²) in [6.07, 6.45) is 1.35. The molecule has 7 nitrogen and oxygen atoms in total. The average molecular weight is 514 g/mol. The Labute approximate surface area is 219 Å². The van der Waals surface area contributed by atoms with Crippen molar-refractivity contribution in [2.24, 2.45) is 0 Å². The van der Waals surface area contributed by atoms with Crippen LogP contribution < -0.4 is 4.90 Å². The first-order valence-electron chi connectivity index (χ1n) is 11.9. The Balaban J connectivity index is 1.86. The summed E-state index contributed by atoms with van der Waals surface area (Å²) in [6.45, 7) is 1.96. The molecule has 0 saturated carbocycles. The third-order valence-corrected chi connectivity index (χ3v) is 7.08. The zero-order valence-electron chi connectivity index (χ0n) is 20.1. The highest BCUT2D eigenvalue weighted by Gasteiger charge is 2.44. The molecule has 3 aromatic rings. The summed E-state index contributed by atoms with van der Waals surface area (Å²) < 4.78 is 0. The molecule has 0 fully saturated rings. The largest absolute Gasteiger partial charge is 0.507 e. The third-order valence-electron chi connectivity index (χ3n) is 6.84. The predicted octanol–water partition coefficient (Wildman–Crippen LogP) is 7.11. The second kappa shape index (κ2) is 9.67. The van der Waals surface area contributed by atoms with Gasteiger partial charge in [0.1, 0.15) is 17.3 Å². The molecule has 0 unspecified atom stereocenters. The first kappa shape index (κ1) is 24.5. The van der Waals surface area contributed by atoms with Gasteiger partial charge in [-0.3, -0.25) is 25.2 Å². The minimum atomic E-state index is -0.696. The number of aryl methyl sites for hydroxylation is 1. The molecule has 186 valence electrons. The third kappa shape index (κ3) is 4.32. The van der Waals surface area contributed by atoms with Gasteiger partial charge in [0.2, 0.25) is 0 Å². The molecule has 0 bridgehead atoms. The number of aliphatic hydroxyl groups excluding tert-OH is 1. The highest BCUT2D eigenvalue weighted by Crippen LogP contribution is 2.49. The summed E-state index contributed by atoms with van der Waals surface area (Å²) in [5, 5.41) is 33.1. The Morgan fingerprint density at radius 1 is 1.08 bits per heavy atom. The lowest BCUT2D eigenvalue weighted by atomic mass is 9.73. The number of hydrogen-bond acceptors (Lipinski definition) is 5. The molecule has 2 aliphatic rings. The molecule has 1 heterocycles. The molecule has 3 aromatic carbocycles. The lowest BCUT2D eigenvalue weighted by Gasteiger charge is -2.41. The molecule has 2 N–H and O–H groups in total. The highest BCUT2D eigenvalue weighted by molar-refractivity contribution is 6.31. The van der Waals surface area contributed by atoms with Gasteiger partial charge in [0, 0.05) is 45.8 Å². The van der Waals surface area contributed by atoms with Crippen molar-refractivity contribution in [3.63, 3.8) is 0 Å². The van der Waals surface area contributed by atoms with Crippen molar-refractivity contribution in [3.8, 4) is 0 Å². The number of amidine groups is 1. The zero-order valence-corrected chi connectivity index (χ0v) is 20.8. The van der Waals surface area contributed by atoms with Gasteiger partial charge >= 0.3 is 0 Å². The summed E-state index contributed by atoms with van der Waals surface area (Å²) >= 11 is 6.08. The van der Waals surface area contributed by atoms with Crippen molar-refractivity contribution < 1.29 is 14.8 Å². The van der Waals surface area contributed by atoms with Crippen molar-refractivity contribution in [2.75, 3.05) is 4.90 Å². The van der Waals surface area contributed by atoms with E-state index in [0.717, 1.165) is 11.1 Å². The number of carbonyl (C=O) groups is 1. The quantitative estimate of drug-likeness (QED) is 0.219. The molecular weight excluding hydrogens is 490 g/mol. The van der Waals surface area contributed by atoms with Crippen molar-refractivity contribution >= 4 is 40.4 Å². The van der Waals surface area contributed by atoms with E-state index in [1.807, 2.05) is 37.3 Å². The lowest BCUT2D eigenvalue weighted by Crippen LogP contribution is -2.42. The molecule has 0 aromatic heterocycles. The normalized spacial score (nSPS) is 19.1. The maximum Gasteiger partial charge on any atom is 0.294 e. The number of ketones is 1. The fourth-order valence-electron chi connectivity index (χ4n) is 5.13. The monoisotopic (exact) mass is 513 g/mol. The van der Waals surface area contributed by atoms with Crippen LogP contribution in [0.3, 0.4) is 0 Å². The second-order valence-corrected chi connectivity index (χ2v) is 9.62. The topological polar surface area (TPSA) is 108 Å². The Morgan fingerprint density at radius 3 is 2.46 bits per heavy atom. The number of aliphatic hydroxyl groups is 1. The van der Waals surface area contributed by atoms with Crippen LogP contribution in [0, 0.1) is 22.4 Å². The fraction of sp³-hybridized carbons (Fsp3) is 0.172. The molecular formula is C29H24ClN3O4. The van der Waals surface area contributed by atoms with Crippen molar-refractivity contribution in [1.29, 1.82) is 5.41 Å². The van der Waals surface area contributed by atoms with E-state index in [4.69, 9.17) is 11.6 Å². The summed E-state index contributed by atoms with van der Waals surface area (Å²) in [6, 6.07) is 20.7. The van der Waals surface area contributed by atoms with Gasteiger partial charge in [-0.1, -0.05) is 71.8 Å². The van der Waals surface area contributed by atoms with Gasteiger partial charge in [-0.05, 0) is 37.5 Å². The maximum atomic E-state index is 13.5. The van der Waals surface area contributed by atoms with E-state index < -0.39 is 10.8 Å². The van der Waals surface area contributed by atoms with Gasteiger partial charge in [-0.2, -0.15) is 0 Å². The van der Waals surface area contributed by atoms with Crippen molar-refractivity contribution in [1.82, 2.24) is 0 Å². The van der Waals surface area contributed by atoms with E-state index in [-0.39, 0.29) is 39.3 Å². The van der Waals surface area contributed by atoms with Crippen molar-refractivity contribution in [3.05, 3.63) is 121 Å². The first-order valence-corrected chi connectivity index (χ1v) is 12.3. The van der Waals surface area contributed by atoms with E-state index in [1.54, 1.807) is 24.3 Å². The number of rotatable bonds is 4. The van der Waals surface area contributed by atoms with Crippen molar-refractivity contribution in [2.45, 2.75) is 32.1 Å². The van der Waals surface area contributed by atoms with Gasteiger partial charge in [0.05, 0.1) is 4.92 Å². The van der Waals surface area contributed by atoms with Gasteiger partial charge in [-0.15, -0.1) is 0 Å². The van der Waals surface area contributed by atoms with Gasteiger partial charge < -0.3 is 5.11 Å². The van der Waals surface area contributed by atoms with Crippen LogP contribution in [-0.2, 0) is 4.79 Å². The molecule has 37 heavy (non-hydrogen) atoms. The van der Waals surface area contributed by atoms with E-state index >= 15 is 0 Å². The van der Waals surface area contributed by atoms with Crippen LogP contribution in [0.1, 0.15) is 41.9 Å². The number of hydrogen-bond donors (Lipinski definition) is 2. The van der Waals surface area contributed by atoms with Gasteiger partial charge in [-0.25, -0.2) is 0 Å². The Hall–Kier alpha value is -4.23. The Morgan fingerprint density at radius 2 is 1.78 bits per heavy atom. The molecule has 1 aliphatic heterocycles. The highest BCUT2D eigenvalue weighted by atomic mass is 35.5. The molecule has 0 spiro atoms. The number of nitrogens with one attached hydrogen (secondary N) is 1. The van der Waals surface area contributed by atoms with Crippen LogP contribution in [0.25, 0.3) is 5.76 Å². The van der Waals surface area contributed by atoms with Crippen LogP contribution in [-0.4, -0.2) is 21.6 Å².